The number of rotatable bonds is 3. The number of nitriles is 1. The highest BCUT2D eigenvalue weighted by Gasteiger charge is 2.29. The van der Waals surface area contributed by atoms with Gasteiger partial charge < -0.3 is 0 Å². The Morgan fingerprint density at radius 3 is 2.54 bits per heavy atom. The van der Waals surface area contributed by atoms with Crippen molar-refractivity contribution in [2.24, 2.45) is 0 Å². The summed E-state index contributed by atoms with van der Waals surface area (Å²) in [4.78, 5) is 0.122. The van der Waals surface area contributed by atoms with Crippen LogP contribution in [0.4, 0.5) is 8.78 Å². The van der Waals surface area contributed by atoms with E-state index < -0.39 is 21.7 Å². The van der Waals surface area contributed by atoms with Crippen molar-refractivity contribution in [1.29, 1.82) is 5.26 Å². The molecule has 0 saturated carbocycles. The second-order valence-electron chi connectivity index (χ2n) is 5.85. The molecule has 4 nitrogen and oxygen atoms in total. The molecular formula is C18H16F2N2O2S2. The van der Waals surface area contributed by atoms with E-state index >= 15 is 0 Å². The van der Waals surface area contributed by atoms with E-state index in [-0.39, 0.29) is 22.3 Å². The largest absolute Gasteiger partial charge is 0.243 e. The SMILES string of the molecule is N#Cc1ccc(S(=O)(=O)N2CCSC(c3cc(F)ccc3F)CC2)cc1. The van der Waals surface area contributed by atoms with E-state index in [1.807, 2.05) is 6.07 Å². The first-order valence-electron chi connectivity index (χ1n) is 7.98. The van der Waals surface area contributed by atoms with Gasteiger partial charge in [-0.2, -0.15) is 21.3 Å². The van der Waals surface area contributed by atoms with E-state index in [0.29, 0.717) is 24.3 Å². The minimum absolute atomic E-state index is 0.122. The van der Waals surface area contributed by atoms with Gasteiger partial charge in [-0.1, -0.05) is 0 Å². The normalized spacial score (nSPS) is 18.9. The van der Waals surface area contributed by atoms with Crippen LogP contribution in [-0.2, 0) is 10.0 Å². The highest BCUT2D eigenvalue weighted by atomic mass is 32.2. The first kappa shape index (κ1) is 18.8. The Morgan fingerprint density at radius 1 is 1.12 bits per heavy atom. The summed E-state index contributed by atoms with van der Waals surface area (Å²) < 4.78 is 54.4. The van der Waals surface area contributed by atoms with E-state index in [2.05, 4.69) is 0 Å². The van der Waals surface area contributed by atoms with Crippen molar-refractivity contribution in [3.8, 4) is 6.07 Å². The van der Waals surface area contributed by atoms with Crippen LogP contribution < -0.4 is 0 Å². The number of halogens is 2. The topological polar surface area (TPSA) is 61.2 Å². The maximum atomic E-state index is 14.0. The lowest BCUT2D eigenvalue weighted by Gasteiger charge is -2.20. The molecule has 136 valence electrons. The molecule has 1 aliphatic rings. The van der Waals surface area contributed by atoms with Crippen LogP contribution >= 0.6 is 11.8 Å². The molecule has 1 unspecified atom stereocenters. The molecular weight excluding hydrogens is 378 g/mol. The molecule has 1 aliphatic heterocycles. The number of benzene rings is 2. The molecule has 1 saturated heterocycles. The molecule has 2 aromatic carbocycles. The van der Waals surface area contributed by atoms with E-state index in [4.69, 9.17) is 5.26 Å². The second kappa shape index (κ2) is 7.74. The van der Waals surface area contributed by atoms with Gasteiger partial charge in [0.25, 0.3) is 0 Å². The molecule has 0 N–H and O–H groups in total. The van der Waals surface area contributed by atoms with Gasteiger partial charge in [-0.3, -0.25) is 0 Å². The minimum atomic E-state index is -3.69. The Balaban J connectivity index is 1.79. The van der Waals surface area contributed by atoms with Gasteiger partial charge >= 0.3 is 0 Å². The summed E-state index contributed by atoms with van der Waals surface area (Å²) >= 11 is 1.43. The summed E-state index contributed by atoms with van der Waals surface area (Å²) in [5.41, 5.74) is 0.657. The van der Waals surface area contributed by atoms with Gasteiger partial charge in [-0.15, -0.1) is 0 Å². The minimum Gasteiger partial charge on any atom is -0.207 e. The van der Waals surface area contributed by atoms with Crippen LogP contribution in [0.1, 0.15) is 22.8 Å². The fraction of sp³-hybridized carbons (Fsp3) is 0.278. The van der Waals surface area contributed by atoms with Gasteiger partial charge in [0.05, 0.1) is 16.5 Å². The summed E-state index contributed by atoms with van der Waals surface area (Å²) in [7, 11) is -3.69. The smallest absolute Gasteiger partial charge is 0.207 e. The quantitative estimate of drug-likeness (QED) is 0.796. The highest BCUT2D eigenvalue weighted by molar-refractivity contribution is 7.99. The molecule has 8 heteroatoms. The number of nitrogens with zero attached hydrogens (tertiary/aromatic N) is 2. The molecule has 3 rings (SSSR count). The van der Waals surface area contributed by atoms with E-state index in [0.717, 1.165) is 12.1 Å². The van der Waals surface area contributed by atoms with Crippen molar-refractivity contribution in [1.82, 2.24) is 4.31 Å². The zero-order valence-electron chi connectivity index (χ0n) is 13.7. The van der Waals surface area contributed by atoms with Crippen LogP contribution in [0.5, 0.6) is 0 Å². The Hall–Kier alpha value is -1.95. The highest BCUT2D eigenvalue weighted by Crippen LogP contribution is 2.37. The van der Waals surface area contributed by atoms with Gasteiger partial charge in [0.1, 0.15) is 11.6 Å². The monoisotopic (exact) mass is 394 g/mol. The predicted octanol–water partition coefficient (Wildman–Crippen LogP) is 3.71. The van der Waals surface area contributed by atoms with Gasteiger partial charge in [0.2, 0.25) is 10.0 Å². The Morgan fingerprint density at radius 2 is 1.85 bits per heavy atom. The molecule has 1 heterocycles. The number of sulfonamides is 1. The molecule has 2 aromatic rings. The third-order valence-corrected chi connectivity index (χ3v) is 7.45. The van der Waals surface area contributed by atoms with E-state index in [9.17, 15) is 17.2 Å². The number of thioether (sulfide) groups is 1. The average Bonchev–Trinajstić information content (AvgIpc) is 2.90. The van der Waals surface area contributed by atoms with Crippen LogP contribution in [-0.4, -0.2) is 31.6 Å². The first-order valence-corrected chi connectivity index (χ1v) is 10.5. The standard InChI is InChI=1S/C18H16F2N2O2S2/c19-14-3-6-17(20)16(11-14)18-7-8-22(9-10-25-18)26(23,24)15-4-1-13(12-21)2-5-15/h1-6,11,18H,7-10H2. The molecule has 0 bridgehead atoms. The second-order valence-corrected chi connectivity index (χ2v) is 9.10. The Bertz CT molecular complexity index is 941. The van der Waals surface area contributed by atoms with Crippen molar-refractivity contribution in [3.63, 3.8) is 0 Å². The zero-order chi connectivity index (χ0) is 18.7. The van der Waals surface area contributed by atoms with Gasteiger partial charge in [-0.25, -0.2) is 17.2 Å². The van der Waals surface area contributed by atoms with Crippen LogP contribution in [0, 0.1) is 23.0 Å². The summed E-state index contributed by atoms with van der Waals surface area (Å²) in [5, 5.41) is 8.53. The molecule has 0 aromatic heterocycles. The fourth-order valence-corrected chi connectivity index (χ4v) is 5.66. The summed E-state index contributed by atoms with van der Waals surface area (Å²) in [6.45, 7) is 0.510. The van der Waals surface area contributed by atoms with Crippen molar-refractivity contribution >= 4 is 21.8 Å². The van der Waals surface area contributed by atoms with Crippen LogP contribution in [0.25, 0.3) is 0 Å². The average molecular weight is 394 g/mol. The predicted molar refractivity (Wildman–Crippen MR) is 96.1 cm³/mol. The molecule has 0 aliphatic carbocycles. The molecule has 0 spiro atoms. The third-order valence-electron chi connectivity index (χ3n) is 4.23. The number of hydrogen-bond acceptors (Lipinski definition) is 4. The summed E-state index contributed by atoms with van der Waals surface area (Å²) in [6.07, 6.45) is 0.389. The maximum absolute atomic E-state index is 14.0. The molecule has 1 atom stereocenters. The van der Waals surface area contributed by atoms with Gasteiger partial charge in [-0.05, 0) is 48.9 Å². The first-order chi connectivity index (χ1) is 12.4. The van der Waals surface area contributed by atoms with Crippen LogP contribution in [0.2, 0.25) is 0 Å². The molecule has 0 radical (unpaired) electrons. The van der Waals surface area contributed by atoms with E-state index in [1.165, 1.54) is 46.4 Å². The third kappa shape index (κ3) is 3.90. The number of hydrogen-bond donors (Lipinski definition) is 0. The van der Waals surface area contributed by atoms with E-state index in [1.54, 1.807) is 0 Å². The molecule has 26 heavy (non-hydrogen) atoms. The molecule has 1 fully saturated rings. The lowest BCUT2D eigenvalue weighted by molar-refractivity contribution is 0.426. The van der Waals surface area contributed by atoms with Gasteiger partial charge in [0, 0.05) is 29.7 Å². The van der Waals surface area contributed by atoms with Crippen molar-refractivity contribution < 1.29 is 17.2 Å². The Labute approximate surface area is 155 Å². The summed E-state index contributed by atoms with van der Waals surface area (Å²) in [6, 6.07) is 11.0. The van der Waals surface area contributed by atoms with Crippen molar-refractivity contribution in [2.75, 3.05) is 18.8 Å². The Kier molecular flexibility index (Phi) is 5.61. The van der Waals surface area contributed by atoms with Crippen LogP contribution in [0.3, 0.4) is 0 Å². The maximum Gasteiger partial charge on any atom is 0.243 e. The fourth-order valence-electron chi connectivity index (χ4n) is 2.85. The zero-order valence-corrected chi connectivity index (χ0v) is 15.4. The van der Waals surface area contributed by atoms with Gasteiger partial charge in [0.15, 0.2) is 0 Å². The lowest BCUT2D eigenvalue weighted by Crippen LogP contribution is -2.33. The lowest BCUT2D eigenvalue weighted by atomic mass is 10.1. The van der Waals surface area contributed by atoms with Crippen molar-refractivity contribution in [2.45, 2.75) is 16.6 Å². The summed E-state index contributed by atoms with van der Waals surface area (Å²) in [5.74, 6) is -0.503. The van der Waals surface area contributed by atoms with Crippen molar-refractivity contribution in [3.05, 3.63) is 65.2 Å². The van der Waals surface area contributed by atoms with Crippen LogP contribution in [0.15, 0.2) is 47.4 Å². The molecule has 0 amide bonds.